The molecule has 0 aromatic heterocycles. The van der Waals surface area contributed by atoms with Crippen molar-refractivity contribution in [1.82, 2.24) is 5.32 Å². The van der Waals surface area contributed by atoms with Crippen LogP contribution >= 0.6 is 7.82 Å². The summed E-state index contributed by atoms with van der Waals surface area (Å²) in [7, 11) is 1.49. The number of quaternary nitrogens is 1. The molecule has 0 rings (SSSR count). The number of rotatable bonds is 58. The van der Waals surface area contributed by atoms with Crippen LogP contribution in [0.3, 0.4) is 0 Å². The molecule has 84 heavy (non-hydrogen) atoms. The number of hydrogen-bond acceptors (Lipinski definition) is 5. The molecule has 0 aliphatic heterocycles. The molecule has 9 heteroatoms. The second kappa shape index (κ2) is 63.1. The third kappa shape index (κ3) is 65.1. The maximum Gasteiger partial charge on any atom is 0.472 e. The Balaban J connectivity index is 4.33. The smallest absolute Gasteiger partial charge is 0.387 e. The quantitative estimate of drug-likeness (QED) is 0.0243. The van der Waals surface area contributed by atoms with Gasteiger partial charge in [0.15, 0.2) is 0 Å². The van der Waals surface area contributed by atoms with Crippen LogP contribution in [0.25, 0.3) is 0 Å². The fourth-order valence-electron chi connectivity index (χ4n) is 8.47. The van der Waals surface area contributed by atoms with Crippen molar-refractivity contribution in [2.45, 2.75) is 244 Å². The highest BCUT2D eigenvalue weighted by molar-refractivity contribution is 7.47. The minimum absolute atomic E-state index is 0.0347. The molecule has 0 aliphatic carbocycles. The van der Waals surface area contributed by atoms with Gasteiger partial charge in [0, 0.05) is 6.42 Å². The van der Waals surface area contributed by atoms with Crippen molar-refractivity contribution >= 4 is 13.7 Å². The number of hydrogen-bond donors (Lipinski definition) is 3. The number of unbranched alkanes of at least 4 members (excludes halogenated alkanes) is 17. The third-order valence-electron chi connectivity index (χ3n) is 13.6. The first kappa shape index (κ1) is 79.6. The summed E-state index contributed by atoms with van der Waals surface area (Å²) in [6.45, 7) is 4.62. The molecule has 0 spiro atoms. The van der Waals surface area contributed by atoms with Crippen LogP contribution in [-0.4, -0.2) is 73.4 Å². The van der Waals surface area contributed by atoms with Crippen molar-refractivity contribution in [2.24, 2.45) is 0 Å². The Morgan fingerprint density at radius 2 is 0.726 bits per heavy atom. The van der Waals surface area contributed by atoms with Gasteiger partial charge in [-0.25, -0.2) is 4.57 Å². The first-order valence-corrected chi connectivity index (χ1v) is 34.7. The number of likely N-dealkylation sites (N-methyl/N-ethyl adjacent to an activating group) is 1. The second-order valence-electron chi connectivity index (χ2n) is 22.7. The summed E-state index contributed by atoms with van der Waals surface area (Å²) >= 11 is 0. The number of phosphoric ester groups is 1. The number of amides is 1. The van der Waals surface area contributed by atoms with Gasteiger partial charge in [0.25, 0.3) is 0 Å². The van der Waals surface area contributed by atoms with Gasteiger partial charge in [0.2, 0.25) is 5.91 Å². The van der Waals surface area contributed by atoms with E-state index < -0.39 is 20.0 Å². The Kier molecular flexibility index (Phi) is 59.8. The summed E-state index contributed by atoms with van der Waals surface area (Å²) in [6, 6.07) is -0.909. The summed E-state index contributed by atoms with van der Waals surface area (Å²) in [5, 5.41) is 13.9. The van der Waals surface area contributed by atoms with E-state index in [0.29, 0.717) is 17.4 Å². The SMILES string of the molecule is CC/C=C\C/C=C\C/C=C\C/C=C\C/C=C\C/C=C\C/C=C\C/C=C\C/C=C\C/C=C\C/C=C\C/C=C\CCCCC(=O)NC(COP(=O)(O)OCC[N+](C)(C)C)C(O)/C=C/CC/C=C/CC/C=C/CCCCCCCCCCCCCCC. The average molecular weight is 1180 g/mol. The molecule has 0 radical (unpaired) electrons. The Hall–Kier alpha value is -4.40. The molecule has 1 amide bonds. The van der Waals surface area contributed by atoms with Crippen molar-refractivity contribution in [3.05, 3.63) is 182 Å². The maximum absolute atomic E-state index is 13.0. The minimum atomic E-state index is -4.39. The second-order valence-corrected chi connectivity index (χ2v) is 24.2. The van der Waals surface area contributed by atoms with Crippen molar-refractivity contribution in [3.63, 3.8) is 0 Å². The van der Waals surface area contributed by atoms with Gasteiger partial charge in [0.1, 0.15) is 13.2 Å². The predicted molar refractivity (Wildman–Crippen MR) is 368 cm³/mol. The number of aliphatic hydroxyl groups excluding tert-OH is 1. The highest BCUT2D eigenvalue weighted by atomic mass is 31.2. The molecule has 3 N–H and O–H groups in total. The van der Waals surface area contributed by atoms with Gasteiger partial charge in [-0.2, -0.15) is 0 Å². The van der Waals surface area contributed by atoms with Crippen LogP contribution < -0.4 is 5.32 Å². The van der Waals surface area contributed by atoms with Crippen LogP contribution in [0.5, 0.6) is 0 Å². The Bertz CT molecular complexity index is 2020. The molecule has 3 atom stereocenters. The van der Waals surface area contributed by atoms with E-state index in [1.807, 2.05) is 27.2 Å². The molecule has 0 aliphatic rings. The standard InChI is InChI=1S/C75H123N2O6P/c1-6-8-10-12-14-16-18-20-22-24-26-28-30-31-32-33-34-35-36-37-38-39-40-41-42-43-44-45-47-49-51-53-55-57-59-61-63-65-67-69-75(79)76-73(72-83-84(80,81)82-71-70-77(3,4)5)74(78)68-66-64-62-60-58-56-54-52-50-48-46-29-27-25-23-21-19-17-15-13-11-9-7-2/h8,10,14,16,20,22,26,28,31-32,34-35,37-38,40-41,43-44,47,49-50,52-53,55,58-61,66,68,73-74,78H,6-7,9,11-13,15,17-19,21,23-25,27,29-30,33,36,39,42,45-46,48,51,54,56-57,62-65,67,69-72H2,1-5H3,(H-,76,79,80,81)/p+1/b10-8-,16-14-,22-20-,28-26-,32-31-,35-34-,38-37-,41-40-,44-43-,49-47-,52-50+,55-53-,60-58+,61-59-,68-66+. The van der Waals surface area contributed by atoms with Crippen molar-refractivity contribution < 1.29 is 32.9 Å². The molecular weight excluding hydrogens is 1060 g/mol. The van der Waals surface area contributed by atoms with E-state index in [4.69, 9.17) is 9.05 Å². The number of nitrogens with one attached hydrogen (secondary N) is 1. The topological polar surface area (TPSA) is 105 Å². The van der Waals surface area contributed by atoms with Gasteiger partial charge in [-0.3, -0.25) is 13.8 Å². The zero-order chi connectivity index (χ0) is 61.2. The summed E-state index contributed by atoms with van der Waals surface area (Å²) in [5.41, 5.74) is 0. The molecule has 3 unspecified atom stereocenters. The first-order chi connectivity index (χ1) is 41.0. The first-order valence-electron chi connectivity index (χ1n) is 33.2. The lowest BCUT2D eigenvalue weighted by Gasteiger charge is -2.25. The third-order valence-corrected chi connectivity index (χ3v) is 14.6. The van der Waals surface area contributed by atoms with E-state index in [9.17, 15) is 19.4 Å². The average Bonchev–Trinajstić information content (AvgIpc) is 3.56. The number of aliphatic hydroxyl groups is 1. The largest absolute Gasteiger partial charge is 0.472 e. The zero-order valence-corrected chi connectivity index (χ0v) is 55.0. The molecule has 0 saturated carbocycles. The lowest BCUT2D eigenvalue weighted by atomic mass is 10.0. The van der Waals surface area contributed by atoms with Crippen LogP contribution in [0.15, 0.2) is 182 Å². The molecule has 0 saturated heterocycles. The number of carbonyl (C=O) groups excluding carboxylic acids is 1. The lowest BCUT2D eigenvalue weighted by Crippen LogP contribution is -2.45. The molecule has 0 aromatic rings. The molecule has 8 nitrogen and oxygen atoms in total. The van der Waals surface area contributed by atoms with E-state index in [1.165, 1.54) is 89.9 Å². The van der Waals surface area contributed by atoms with Crippen molar-refractivity contribution in [2.75, 3.05) is 40.9 Å². The summed E-state index contributed by atoms with van der Waals surface area (Å²) < 4.78 is 23.7. The van der Waals surface area contributed by atoms with Gasteiger partial charge >= 0.3 is 7.82 Å². The highest BCUT2D eigenvalue weighted by Crippen LogP contribution is 2.43. The lowest BCUT2D eigenvalue weighted by molar-refractivity contribution is -0.870. The van der Waals surface area contributed by atoms with Gasteiger partial charge in [-0.1, -0.05) is 273 Å². The Morgan fingerprint density at radius 1 is 0.417 bits per heavy atom. The summed E-state index contributed by atoms with van der Waals surface area (Å²) in [6.07, 6.45) is 102. The number of allylic oxidation sites excluding steroid dienone is 29. The van der Waals surface area contributed by atoms with E-state index in [-0.39, 0.29) is 25.5 Å². The Labute approximate surface area is 516 Å². The number of phosphoric acid groups is 1. The summed E-state index contributed by atoms with van der Waals surface area (Å²) in [5.74, 6) is -0.240. The van der Waals surface area contributed by atoms with Crippen molar-refractivity contribution in [1.29, 1.82) is 0 Å². The van der Waals surface area contributed by atoms with Crippen LogP contribution in [-0.2, 0) is 18.4 Å². The maximum atomic E-state index is 13.0. The molecule has 0 heterocycles. The van der Waals surface area contributed by atoms with Crippen LogP contribution in [0, 0.1) is 0 Å². The Morgan fingerprint density at radius 3 is 1.10 bits per heavy atom. The van der Waals surface area contributed by atoms with Gasteiger partial charge in [-0.05, 0) is 135 Å². The molecule has 474 valence electrons. The van der Waals surface area contributed by atoms with Crippen molar-refractivity contribution in [3.8, 4) is 0 Å². The van der Waals surface area contributed by atoms with E-state index in [2.05, 4.69) is 189 Å². The van der Waals surface area contributed by atoms with Gasteiger partial charge in [0.05, 0.1) is 39.9 Å². The number of carbonyl (C=O) groups is 1. The van der Waals surface area contributed by atoms with E-state index in [0.717, 1.165) is 116 Å². The van der Waals surface area contributed by atoms with Crippen LogP contribution in [0.2, 0.25) is 0 Å². The molecular formula is C75H124N2O6P+. The normalized spacial score (nSPS) is 14.9. The monoisotopic (exact) mass is 1180 g/mol. The van der Waals surface area contributed by atoms with E-state index >= 15 is 0 Å². The minimum Gasteiger partial charge on any atom is -0.387 e. The zero-order valence-electron chi connectivity index (χ0n) is 54.1. The fourth-order valence-corrected chi connectivity index (χ4v) is 9.20. The molecule has 0 aromatic carbocycles. The molecule has 0 fully saturated rings. The van der Waals surface area contributed by atoms with Gasteiger partial charge < -0.3 is 19.8 Å². The fraction of sp³-hybridized carbons (Fsp3) is 0.587. The van der Waals surface area contributed by atoms with Gasteiger partial charge in [-0.15, -0.1) is 0 Å². The van der Waals surface area contributed by atoms with Crippen LogP contribution in [0.1, 0.15) is 232 Å². The van der Waals surface area contributed by atoms with E-state index in [1.54, 1.807) is 6.08 Å². The molecule has 0 bridgehead atoms. The highest BCUT2D eigenvalue weighted by Gasteiger charge is 2.27. The van der Waals surface area contributed by atoms with Crippen LogP contribution in [0.4, 0.5) is 0 Å². The summed E-state index contributed by atoms with van der Waals surface area (Å²) in [4.78, 5) is 23.3. The number of nitrogens with zero attached hydrogens (tertiary/aromatic N) is 1. The predicted octanol–water partition coefficient (Wildman–Crippen LogP) is 21.3.